The first-order valence-corrected chi connectivity index (χ1v) is 10.6. The Morgan fingerprint density at radius 3 is 2.69 bits per heavy atom. The second-order valence-corrected chi connectivity index (χ2v) is 7.56. The molecule has 0 aliphatic carbocycles. The Bertz CT molecular complexity index is 819. The second kappa shape index (κ2) is 10.6. The third-order valence-electron chi connectivity index (χ3n) is 5.37. The molecule has 29 heavy (non-hydrogen) atoms. The summed E-state index contributed by atoms with van der Waals surface area (Å²) in [6, 6.07) is 18.5. The van der Waals surface area contributed by atoms with Gasteiger partial charge >= 0.3 is 0 Å². The molecule has 1 aliphatic heterocycles. The summed E-state index contributed by atoms with van der Waals surface area (Å²) in [5.41, 5.74) is 3.25. The second-order valence-electron chi connectivity index (χ2n) is 7.56. The highest BCUT2D eigenvalue weighted by atomic mass is 16.1. The van der Waals surface area contributed by atoms with E-state index in [1.165, 1.54) is 12.0 Å². The number of nitrogens with zero attached hydrogens (tertiary/aromatic N) is 2. The van der Waals surface area contributed by atoms with E-state index in [1.54, 1.807) is 7.05 Å². The van der Waals surface area contributed by atoms with E-state index in [4.69, 9.17) is 4.99 Å². The molecule has 0 saturated carbocycles. The molecule has 0 bridgehead atoms. The molecular weight excluding hydrogens is 360 g/mol. The summed E-state index contributed by atoms with van der Waals surface area (Å²) >= 11 is 0. The first-order valence-electron chi connectivity index (χ1n) is 10.6. The van der Waals surface area contributed by atoms with Crippen molar-refractivity contribution in [2.45, 2.75) is 26.2 Å². The molecule has 1 heterocycles. The van der Waals surface area contributed by atoms with Crippen LogP contribution in [0.2, 0.25) is 0 Å². The number of likely N-dealkylation sites (tertiary alicyclic amines) is 1. The van der Waals surface area contributed by atoms with Crippen LogP contribution >= 0.6 is 0 Å². The molecule has 5 nitrogen and oxygen atoms in total. The van der Waals surface area contributed by atoms with E-state index in [-0.39, 0.29) is 5.91 Å². The smallest absolute Gasteiger partial charge is 0.251 e. The number of benzene rings is 2. The van der Waals surface area contributed by atoms with Crippen molar-refractivity contribution in [3.8, 4) is 0 Å². The molecule has 2 N–H and O–H groups in total. The highest BCUT2D eigenvalue weighted by molar-refractivity contribution is 5.94. The zero-order valence-electron chi connectivity index (χ0n) is 17.5. The van der Waals surface area contributed by atoms with Crippen LogP contribution in [0.15, 0.2) is 59.6 Å². The monoisotopic (exact) mass is 392 g/mol. The van der Waals surface area contributed by atoms with Crippen LogP contribution in [-0.4, -0.2) is 50.0 Å². The van der Waals surface area contributed by atoms with E-state index in [2.05, 4.69) is 58.9 Å². The van der Waals surface area contributed by atoms with Crippen LogP contribution in [0.1, 0.15) is 34.8 Å². The Morgan fingerprint density at radius 2 is 1.93 bits per heavy atom. The van der Waals surface area contributed by atoms with Gasteiger partial charge in [0.2, 0.25) is 0 Å². The molecular formula is C24H32N4O. The molecule has 1 aliphatic rings. The zero-order chi connectivity index (χ0) is 20.5. The van der Waals surface area contributed by atoms with Gasteiger partial charge in [-0.25, -0.2) is 0 Å². The van der Waals surface area contributed by atoms with Crippen molar-refractivity contribution in [3.05, 3.63) is 71.3 Å². The van der Waals surface area contributed by atoms with Gasteiger partial charge in [0.05, 0.1) is 0 Å². The lowest BCUT2D eigenvalue weighted by Crippen LogP contribution is -2.40. The number of carbonyl (C=O) groups is 1. The lowest BCUT2D eigenvalue weighted by atomic mass is 9.99. The maximum atomic E-state index is 11.8. The van der Waals surface area contributed by atoms with Gasteiger partial charge in [-0.05, 0) is 55.4 Å². The molecule has 2 aromatic rings. The number of guanidine groups is 1. The summed E-state index contributed by atoms with van der Waals surface area (Å²) in [5.74, 6) is 1.63. The summed E-state index contributed by atoms with van der Waals surface area (Å²) in [6.07, 6.45) is 3.15. The SMILES string of the molecule is CCNC(=NCCc1cccc(C(=O)NC)c1)N1CCC(Cc2ccccc2)C1. The molecule has 5 heteroatoms. The van der Waals surface area contributed by atoms with Crippen molar-refractivity contribution in [1.82, 2.24) is 15.5 Å². The molecule has 154 valence electrons. The van der Waals surface area contributed by atoms with Crippen LogP contribution in [0.3, 0.4) is 0 Å². The lowest BCUT2D eigenvalue weighted by molar-refractivity contribution is 0.0963. The number of hydrogen-bond donors (Lipinski definition) is 2. The predicted molar refractivity (Wildman–Crippen MR) is 119 cm³/mol. The fourth-order valence-corrected chi connectivity index (χ4v) is 3.87. The van der Waals surface area contributed by atoms with E-state index in [0.29, 0.717) is 18.0 Å². The van der Waals surface area contributed by atoms with Crippen molar-refractivity contribution in [1.29, 1.82) is 0 Å². The molecule has 0 aromatic heterocycles. The minimum absolute atomic E-state index is 0.0507. The number of nitrogens with one attached hydrogen (secondary N) is 2. The predicted octanol–water partition coefficient (Wildman–Crippen LogP) is 3.12. The minimum Gasteiger partial charge on any atom is -0.357 e. The Labute approximate surface area is 174 Å². The molecule has 1 saturated heterocycles. The van der Waals surface area contributed by atoms with Crippen LogP contribution in [0, 0.1) is 5.92 Å². The van der Waals surface area contributed by atoms with Crippen LogP contribution in [0.25, 0.3) is 0 Å². The van der Waals surface area contributed by atoms with Crippen molar-refractivity contribution in [3.63, 3.8) is 0 Å². The Hall–Kier alpha value is -2.82. The van der Waals surface area contributed by atoms with Gasteiger partial charge in [-0.3, -0.25) is 9.79 Å². The average molecular weight is 393 g/mol. The third-order valence-corrected chi connectivity index (χ3v) is 5.37. The number of carbonyl (C=O) groups excluding carboxylic acids is 1. The molecule has 2 aromatic carbocycles. The standard InChI is InChI=1S/C24H32N4O/c1-3-26-24(27-14-12-20-10-7-11-22(17-20)23(29)25-2)28-15-13-21(18-28)16-19-8-5-4-6-9-19/h4-11,17,21H,3,12-16,18H2,1-2H3,(H,25,29)(H,26,27). The molecule has 1 fully saturated rings. The van der Waals surface area contributed by atoms with Crippen LogP contribution in [0.5, 0.6) is 0 Å². The molecule has 0 spiro atoms. The summed E-state index contributed by atoms with van der Waals surface area (Å²) in [7, 11) is 1.66. The molecule has 1 unspecified atom stereocenters. The number of rotatable bonds is 7. The van der Waals surface area contributed by atoms with E-state index < -0.39 is 0 Å². The molecule has 3 rings (SSSR count). The summed E-state index contributed by atoms with van der Waals surface area (Å²) in [4.78, 5) is 19.1. The summed E-state index contributed by atoms with van der Waals surface area (Å²) < 4.78 is 0. The van der Waals surface area contributed by atoms with Gasteiger partial charge in [0.25, 0.3) is 5.91 Å². The first kappa shape index (κ1) is 20.9. The normalized spacial score (nSPS) is 16.7. The van der Waals surface area contributed by atoms with Gasteiger partial charge in [0.15, 0.2) is 5.96 Å². The van der Waals surface area contributed by atoms with Gasteiger partial charge in [-0.2, -0.15) is 0 Å². The first-order chi connectivity index (χ1) is 14.2. The Balaban J connectivity index is 1.57. The van der Waals surface area contributed by atoms with Crippen molar-refractivity contribution >= 4 is 11.9 Å². The summed E-state index contributed by atoms with van der Waals surface area (Å²) in [5, 5.41) is 6.12. The largest absolute Gasteiger partial charge is 0.357 e. The van der Waals surface area contributed by atoms with Gasteiger partial charge < -0.3 is 15.5 Å². The molecule has 1 amide bonds. The van der Waals surface area contributed by atoms with E-state index in [9.17, 15) is 4.79 Å². The lowest BCUT2D eigenvalue weighted by Gasteiger charge is -2.21. The van der Waals surface area contributed by atoms with E-state index in [0.717, 1.165) is 44.0 Å². The van der Waals surface area contributed by atoms with Crippen LogP contribution < -0.4 is 10.6 Å². The van der Waals surface area contributed by atoms with Gasteiger partial charge in [0.1, 0.15) is 0 Å². The quantitative estimate of drug-likeness (QED) is 0.562. The van der Waals surface area contributed by atoms with Crippen LogP contribution in [0.4, 0.5) is 0 Å². The van der Waals surface area contributed by atoms with Crippen molar-refractivity contribution in [2.75, 3.05) is 33.2 Å². The number of amides is 1. The van der Waals surface area contributed by atoms with E-state index >= 15 is 0 Å². The van der Waals surface area contributed by atoms with E-state index in [1.807, 2.05) is 18.2 Å². The van der Waals surface area contributed by atoms with Gasteiger partial charge in [0, 0.05) is 38.8 Å². The fourth-order valence-electron chi connectivity index (χ4n) is 3.87. The molecule has 0 radical (unpaired) electrons. The van der Waals surface area contributed by atoms with Gasteiger partial charge in [-0.15, -0.1) is 0 Å². The number of aliphatic imine (C=N–C) groups is 1. The third kappa shape index (κ3) is 6.08. The summed E-state index contributed by atoms with van der Waals surface area (Å²) in [6.45, 7) is 5.78. The Kier molecular flexibility index (Phi) is 7.68. The number of hydrogen-bond acceptors (Lipinski definition) is 2. The zero-order valence-corrected chi connectivity index (χ0v) is 17.5. The maximum absolute atomic E-state index is 11.8. The van der Waals surface area contributed by atoms with Crippen LogP contribution in [-0.2, 0) is 12.8 Å². The van der Waals surface area contributed by atoms with Crippen molar-refractivity contribution < 1.29 is 4.79 Å². The topological polar surface area (TPSA) is 56.7 Å². The molecule has 1 atom stereocenters. The van der Waals surface area contributed by atoms with Gasteiger partial charge in [-0.1, -0.05) is 42.5 Å². The van der Waals surface area contributed by atoms with Crippen molar-refractivity contribution in [2.24, 2.45) is 10.9 Å². The maximum Gasteiger partial charge on any atom is 0.251 e. The minimum atomic E-state index is -0.0507. The average Bonchev–Trinajstić information content (AvgIpc) is 3.22. The highest BCUT2D eigenvalue weighted by Gasteiger charge is 2.24. The Morgan fingerprint density at radius 1 is 1.14 bits per heavy atom. The highest BCUT2D eigenvalue weighted by Crippen LogP contribution is 2.21. The fraction of sp³-hybridized carbons (Fsp3) is 0.417.